The maximum Gasteiger partial charge on any atom is 0.266 e. The summed E-state index contributed by atoms with van der Waals surface area (Å²) in [6.45, 7) is 0. The Morgan fingerprint density at radius 1 is 1.26 bits per heavy atom. The molecule has 0 radical (unpaired) electrons. The summed E-state index contributed by atoms with van der Waals surface area (Å²) >= 11 is 1.22. The normalized spacial score (nSPS) is 12.6. The third kappa shape index (κ3) is 3.49. The number of benzene rings is 1. The maximum atomic E-state index is 12.0. The Bertz CT molecular complexity index is 979. The monoisotopic (exact) mass is 327 g/mol. The van der Waals surface area contributed by atoms with Crippen LogP contribution in [0.2, 0.25) is 0 Å². The van der Waals surface area contributed by atoms with Gasteiger partial charge in [0, 0.05) is 6.08 Å². The topological polar surface area (TPSA) is 72.3 Å². The zero-order chi connectivity index (χ0) is 16.2. The van der Waals surface area contributed by atoms with Gasteiger partial charge in [-0.2, -0.15) is 0 Å². The number of ketones is 1. The number of nitrogens with one attached hydrogen (secondary N) is 1. The Labute approximate surface area is 135 Å². The lowest BCUT2D eigenvalue weighted by Crippen LogP contribution is -2.19. The number of hydrogen-bond acceptors (Lipinski definition) is 5. The van der Waals surface area contributed by atoms with E-state index in [1.165, 1.54) is 23.7 Å². The molecular formula is C17H13NO4S. The fraction of sp³-hybridized carbons (Fsp3) is 0.0588. The molecule has 0 amide bonds. The summed E-state index contributed by atoms with van der Waals surface area (Å²) in [5.74, 6) is 0.698. The first-order valence-electron chi connectivity index (χ1n) is 6.80. The van der Waals surface area contributed by atoms with Crippen LogP contribution in [0.3, 0.4) is 0 Å². The average molecular weight is 327 g/mol. The molecule has 0 saturated carbocycles. The SMILES string of the molecule is COc1ccc(/C=c2/s/c(=C\C(=O)c3ccco3)[nH]c2=O)cc1. The van der Waals surface area contributed by atoms with Gasteiger partial charge in [-0.3, -0.25) is 9.59 Å². The Morgan fingerprint density at radius 2 is 2.04 bits per heavy atom. The van der Waals surface area contributed by atoms with Gasteiger partial charge in [-0.15, -0.1) is 11.3 Å². The number of hydrogen-bond donors (Lipinski definition) is 1. The van der Waals surface area contributed by atoms with Crippen LogP contribution in [0.15, 0.2) is 51.9 Å². The second-order valence-corrected chi connectivity index (χ2v) is 5.77. The number of H-pyrrole nitrogens is 1. The van der Waals surface area contributed by atoms with Gasteiger partial charge in [-0.05, 0) is 35.9 Å². The molecule has 5 nitrogen and oxygen atoms in total. The molecular weight excluding hydrogens is 314 g/mol. The lowest BCUT2D eigenvalue weighted by atomic mass is 10.2. The van der Waals surface area contributed by atoms with E-state index in [0.29, 0.717) is 9.20 Å². The summed E-state index contributed by atoms with van der Waals surface area (Å²) in [7, 11) is 1.60. The van der Waals surface area contributed by atoms with Gasteiger partial charge in [0.05, 0.1) is 22.6 Å². The van der Waals surface area contributed by atoms with E-state index >= 15 is 0 Å². The molecule has 2 heterocycles. The van der Waals surface area contributed by atoms with E-state index in [1.807, 2.05) is 24.3 Å². The Kier molecular flexibility index (Phi) is 4.25. The van der Waals surface area contributed by atoms with Gasteiger partial charge in [0.1, 0.15) is 5.75 Å². The van der Waals surface area contributed by atoms with Crippen molar-refractivity contribution in [3.63, 3.8) is 0 Å². The number of thiazole rings is 1. The quantitative estimate of drug-likeness (QED) is 0.738. The zero-order valence-corrected chi connectivity index (χ0v) is 13.1. The molecule has 6 heteroatoms. The minimum absolute atomic E-state index is 0.232. The van der Waals surface area contributed by atoms with Crippen molar-refractivity contribution in [3.8, 4) is 5.75 Å². The predicted octanol–water partition coefficient (Wildman–Crippen LogP) is 1.53. The third-order valence-corrected chi connectivity index (χ3v) is 4.08. The van der Waals surface area contributed by atoms with Crippen LogP contribution in [-0.4, -0.2) is 17.9 Å². The molecule has 1 N–H and O–H groups in total. The van der Waals surface area contributed by atoms with Crippen molar-refractivity contribution in [2.75, 3.05) is 7.11 Å². The summed E-state index contributed by atoms with van der Waals surface area (Å²) in [4.78, 5) is 26.6. The number of rotatable bonds is 4. The van der Waals surface area contributed by atoms with Crippen molar-refractivity contribution < 1.29 is 13.9 Å². The van der Waals surface area contributed by atoms with E-state index in [0.717, 1.165) is 11.3 Å². The number of carbonyl (C=O) groups is 1. The lowest BCUT2D eigenvalue weighted by Gasteiger charge is -1.98. The van der Waals surface area contributed by atoms with E-state index in [9.17, 15) is 9.59 Å². The molecule has 0 atom stereocenters. The second kappa shape index (κ2) is 6.50. The number of aromatic nitrogens is 1. The molecule has 3 aromatic rings. The van der Waals surface area contributed by atoms with Crippen LogP contribution in [0.1, 0.15) is 16.1 Å². The first-order valence-corrected chi connectivity index (χ1v) is 7.62. The molecule has 0 aliphatic rings. The molecule has 0 fully saturated rings. The molecule has 0 saturated heterocycles. The largest absolute Gasteiger partial charge is 0.497 e. The number of aromatic amines is 1. The Morgan fingerprint density at radius 3 is 2.70 bits per heavy atom. The van der Waals surface area contributed by atoms with E-state index < -0.39 is 0 Å². The first kappa shape index (κ1) is 15.1. The summed E-state index contributed by atoms with van der Waals surface area (Å²) in [5.41, 5.74) is 0.645. The van der Waals surface area contributed by atoms with Crippen molar-refractivity contribution in [1.82, 2.24) is 4.98 Å². The average Bonchev–Trinajstić information content (AvgIpc) is 3.19. The van der Waals surface area contributed by atoms with Crippen molar-refractivity contribution in [1.29, 1.82) is 0 Å². The summed E-state index contributed by atoms with van der Waals surface area (Å²) in [6, 6.07) is 10.6. The zero-order valence-electron chi connectivity index (χ0n) is 12.2. The number of carbonyl (C=O) groups excluding carboxylic acids is 1. The van der Waals surface area contributed by atoms with E-state index in [1.54, 1.807) is 25.3 Å². The number of furan rings is 1. The van der Waals surface area contributed by atoms with Crippen molar-refractivity contribution >= 4 is 29.3 Å². The van der Waals surface area contributed by atoms with Crippen molar-refractivity contribution in [3.05, 3.63) is 73.5 Å². The van der Waals surface area contributed by atoms with Crippen LogP contribution >= 0.6 is 11.3 Å². The minimum Gasteiger partial charge on any atom is -0.497 e. The molecule has 23 heavy (non-hydrogen) atoms. The summed E-state index contributed by atoms with van der Waals surface area (Å²) in [5, 5.41) is 0. The molecule has 0 aliphatic heterocycles. The van der Waals surface area contributed by atoms with Crippen molar-refractivity contribution in [2.24, 2.45) is 0 Å². The molecule has 0 bridgehead atoms. The minimum atomic E-state index is -0.288. The van der Waals surface area contributed by atoms with Gasteiger partial charge in [-0.25, -0.2) is 0 Å². The summed E-state index contributed by atoms with van der Waals surface area (Å²) < 4.78 is 11.1. The highest BCUT2D eigenvalue weighted by Gasteiger charge is 2.05. The van der Waals surface area contributed by atoms with E-state index in [4.69, 9.17) is 9.15 Å². The molecule has 0 unspecified atom stereocenters. The first-order chi connectivity index (χ1) is 11.2. The molecule has 0 aliphatic carbocycles. The van der Waals surface area contributed by atoms with Gasteiger partial charge >= 0.3 is 0 Å². The lowest BCUT2D eigenvalue weighted by molar-refractivity contribution is 0.103. The van der Waals surface area contributed by atoms with Gasteiger partial charge < -0.3 is 14.1 Å². The molecule has 1 aromatic carbocycles. The fourth-order valence-corrected chi connectivity index (χ4v) is 2.87. The number of Topliss-reactive ketones (excluding diaryl/α,β-unsaturated/α-hetero) is 1. The number of methoxy groups -OCH3 is 1. The van der Waals surface area contributed by atoms with E-state index in [2.05, 4.69) is 4.98 Å². The van der Waals surface area contributed by atoms with E-state index in [-0.39, 0.29) is 17.1 Å². The van der Waals surface area contributed by atoms with Crippen LogP contribution in [-0.2, 0) is 0 Å². The van der Waals surface area contributed by atoms with Crippen LogP contribution in [0.25, 0.3) is 12.2 Å². The van der Waals surface area contributed by atoms with Gasteiger partial charge in [0.15, 0.2) is 5.76 Å². The highest BCUT2D eigenvalue weighted by molar-refractivity contribution is 7.07. The maximum absolute atomic E-state index is 12.0. The molecule has 3 rings (SSSR count). The van der Waals surface area contributed by atoms with Crippen LogP contribution in [0.5, 0.6) is 5.75 Å². The van der Waals surface area contributed by atoms with Crippen molar-refractivity contribution in [2.45, 2.75) is 0 Å². The fourth-order valence-electron chi connectivity index (χ4n) is 1.98. The van der Waals surface area contributed by atoms with Gasteiger partial charge in [0.2, 0.25) is 5.78 Å². The standard InChI is InChI=1S/C17H13NO4S/c1-21-12-6-4-11(5-7-12)9-15-17(20)18-16(23-15)10-13(19)14-3-2-8-22-14/h2-10H,1H3,(H,18,20)/b15-9+,16-10-. The number of ether oxygens (including phenoxy) is 1. The highest BCUT2D eigenvalue weighted by Crippen LogP contribution is 2.11. The predicted molar refractivity (Wildman–Crippen MR) is 88.3 cm³/mol. The van der Waals surface area contributed by atoms with Crippen LogP contribution in [0, 0.1) is 0 Å². The van der Waals surface area contributed by atoms with Gasteiger partial charge in [0.25, 0.3) is 5.56 Å². The van der Waals surface area contributed by atoms with Gasteiger partial charge in [-0.1, -0.05) is 12.1 Å². The highest BCUT2D eigenvalue weighted by atomic mass is 32.1. The molecule has 2 aromatic heterocycles. The Balaban J connectivity index is 1.95. The van der Waals surface area contributed by atoms with Crippen LogP contribution in [0.4, 0.5) is 0 Å². The molecule has 0 spiro atoms. The third-order valence-electron chi connectivity index (χ3n) is 3.12. The summed E-state index contributed by atoms with van der Waals surface area (Å²) in [6.07, 6.45) is 4.55. The smallest absolute Gasteiger partial charge is 0.266 e. The van der Waals surface area contributed by atoms with Crippen LogP contribution < -0.4 is 19.5 Å². The second-order valence-electron chi connectivity index (χ2n) is 4.69. The molecule has 116 valence electrons. The Hall–Kier alpha value is -2.86.